The molecule has 0 bridgehead atoms. The third-order valence-corrected chi connectivity index (χ3v) is 5.05. The van der Waals surface area contributed by atoms with E-state index in [1.54, 1.807) is 11.3 Å². The van der Waals surface area contributed by atoms with Crippen molar-refractivity contribution in [2.24, 2.45) is 0 Å². The second kappa shape index (κ2) is 6.54. The standard InChI is InChI=1S/C16H19N3O2S/c1-11-14(16(20)21-2)18-15(22-11)13-4-3-9-19(13)10-12-5-7-17-8-6-12/h5-8,13H,3-4,9-10H2,1-2H3. The lowest BCUT2D eigenvalue weighted by Gasteiger charge is -2.22. The summed E-state index contributed by atoms with van der Waals surface area (Å²) in [5.74, 6) is -0.348. The fraction of sp³-hybridized carbons (Fsp3) is 0.438. The summed E-state index contributed by atoms with van der Waals surface area (Å²) >= 11 is 1.60. The number of hydrogen-bond donors (Lipinski definition) is 0. The Labute approximate surface area is 134 Å². The largest absolute Gasteiger partial charge is 0.464 e. The van der Waals surface area contributed by atoms with E-state index in [1.165, 1.54) is 12.7 Å². The summed E-state index contributed by atoms with van der Waals surface area (Å²) in [6.07, 6.45) is 5.88. The van der Waals surface area contributed by atoms with E-state index in [0.29, 0.717) is 5.69 Å². The Morgan fingerprint density at radius 1 is 1.45 bits per heavy atom. The van der Waals surface area contributed by atoms with E-state index >= 15 is 0 Å². The first-order valence-corrected chi connectivity index (χ1v) is 8.19. The SMILES string of the molecule is COC(=O)c1nc(C2CCCN2Cc2ccncc2)sc1C. The van der Waals surface area contributed by atoms with Crippen LogP contribution in [-0.2, 0) is 11.3 Å². The summed E-state index contributed by atoms with van der Waals surface area (Å²) in [7, 11) is 1.39. The minimum Gasteiger partial charge on any atom is -0.464 e. The molecule has 0 saturated carbocycles. The second-order valence-corrected chi connectivity index (χ2v) is 6.67. The highest BCUT2D eigenvalue weighted by Gasteiger charge is 2.30. The topological polar surface area (TPSA) is 55.3 Å². The van der Waals surface area contributed by atoms with Crippen LogP contribution < -0.4 is 0 Å². The molecule has 1 aliphatic heterocycles. The number of likely N-dealkylation sites (tertiary alicyclic amines) is 1. The van der Waals surface area contributed by atoms with Crippen LogP contribution in [0.25, 0.3) is 0 Å². The third-order valence-electron chi connectivity index (χ3n) is 3.98. The van der Waals surface area contributed by atoms with Crippen molar-refractivity contribution in [3.05, 3.63) is 45.7 Å². The van der Waals surface area contributed by atoms with Gasteiger partial charge in [0.15, 0.2) is 5.69 Å². The van der Waals surface area contributed by atoms with Crippen molar-refractivity contribution in [1.29, 1.82) is 0 Å². The number of nitrogens with zero attached hydrogens (tertiary/aromatic N) is 3. The second-order valence-electron chi connectivity index (χ2n) is 5.43. The Balaban J connectivity index is 1.80. The molecule has 3 rings (SSSR count). The molecule has 1 saturated heterocycles. The lowest BCUT2D eigenvalue weighted by atomic mass is 10.2. The molecule has 0 spiro atoms. The van der Waals surface area contributed by atoms with Crippen molar-refractivity contribution in [1.82, 2.24) is 14.9 Å². The molecule has 0 aromatic carbocycles. The number of rotatable bonds is 4. The minimum absolute atomic E-state index is 0.287. The van der Waals surface area contributed by atoms with E-state index in [2.05, 4.69) is 14.9 Å². The lowest BCUT2D eigenvalue weighted by Crippen LogP contribution is -2.22. The molecule has 2 aromatic rings. The van der Waals surface area contributed by atoms with Crippen LogP contribution in [0.2, 0.25) is 0 Å². The van der Waals surface area contributed by atoms with Crippen molar-refractivity contribution in [3.63, 3.8) is 0 Å². The van der Waals surface area contributed by atoms with Crippen molar-refractivity contribution in [3.8, 4) is 0 Å². The first-order chi connectivity index (χ1) is 10.7. The number of methoxy groups -OCH3 is 1. The Bertz CT molecular complexity index is 657. The molecule has 1 aliphatic rings. The summed E-state index contributed by atoms with van der Waals surface area (Å²) < 4.78 is 4.80. The van der Waals surface area contributed by atoms with Gasteiger partial charge in [-0.15, -0.1) is 11.3 Å². The molecule has 0 aliphatic carbocycles. The number of carbonyl (C=O) groups excluding carboxylic acids is 1. The zero-order chi connectivity index (χ0) is 15.5. The molecule has 6 heteroatoms. The van der Waals surface area contributed by atoms with Crippen molar-refractivity contribution >= 4 is 17.3 Å². The molecular formula is C16H19N3O2S. The Hall–Kier alpha value is -1.79. The molecule has 3 heterocycles. The fourth-order valence-corrected chi connectivity index (χ4v) is 3.94. The highest BCUT2D eigenvalue weighted by atomic mass is 32.1. The third kappa shape index (κ3) is 3.03. The molecule has 0 N–H and O–H groups in total. The summed E-state index contributed by atoms with van der Waals surface area (Å²) in [6, 6.07) is 4.38. The fourth-order valence-electron chi connectivity index (χ4n) is 2.86. The van der Waals surface area contributed by atoms with Gasteiger partial charge in [0, 0.05) is 23.8 Å². The minimum atomic E-state index is -0.348. The van der Waals surface area contributed by atoms with Crippen LogP contribution >= 0.6 is 11.3 Å². The van der Waals surface area contributed by atoms with Gasteiger partial charge in [-0.05, 0) is 44.0 Å². The van der Waals surface area contributed by atoms with Gasteiger partial charge in [0.1, 0.15) is 5.01 Å². The van der Waals surface area contributed by atoms with Gasteiger partial charge in [-0.3, -0.25) is 9.88 Å². The molecule has 22 heavy (non-hydrogen) atoms. The van der Waals surface area contributed by atoms with E-state index in [-0.39, 0.29) is 12.0 Å². The van der Waals surface area contributed by atoms with E-state index in [1.807, 2.05) is 31.5 Å². The van der Waals surface area contributed by atoms with Crippen LogP contribution in [0, 0.1) is 6.92 Å². The zero-order valence-corrected chi connectivity index (χ0v) is 13.6. The molecule has 0 amide bonds. The van der Waals surface area contributed by atoms with Crippen molar-refractivity contribution in [2.75, 3.05) is 13.7 Å². The van der Waals surface area contributed by atoms with Gasteiger partial charge in [-0.25, -0.2) is 9.78 Å². The van der Waals surface area contributed by atoms with Crippen LogP contribution in [0.5, 0.6) is 0 Å². The van der Waals surface area contributed by atoms with Gasteiger partial charge in [-0.2, -0.15) is 0 Å². The predicted molar refractivity (Wildman–Crippen MR) is 84.8 cm³/mol. The van der Waals surface area contributed by atoms with Crippen LogP contribution in [0.15, 0.2) is 24.5 Å². The Kier molecular flexibility index (Phi) is 4.49. The average molecular weight is 317 g/mol. The maximum Gasteiger partial charge on any atom is 0.357 e. The van der Waals surface area contributed by atoms with Crippen LogP contribution in [0.3, 0.4) is 0 Å². The number of carbonyl (C=O) groups is 1. The summed E-state index contributed by atoms with van der Waals surface area (Å²) in [5.41, 5.74) is 1.71. The molecule has 116 valence electrons. The normalized spacial score (nSPS) is 18.5. The number of pyridine rings is 1. The number of esters is 1. The summed E-state index contributed by atoms with van der Waals surface area (Å²) in [6.45, 7) is 3.87. The quantitative estimate of drug-likeness (QED) is 0.812. The number of aromatic nitrogens is 2. The Morgan fingerprint density at radius 2 is 2.23 bits per heavy atom. The first-order valence-electron chi connectivity index (χ1n) is 7.37. The van der Waals surface area contributed by atoms with Crippen LogP contribution in [0.4, 0.5) is 0 Å². The highest BCUT2D eigenvalue weighted by Crippen LogP contribution is 2.36. The van der Waals surface area contributed by atoms with Gasteiger partial charge in [0.05, 0.1) is 13.2 Å². The predicted octanol–water partition coefficient (Wildman–Crippen LogP) is 2.97. The smallest absolute Gasteiger partial charge is 0.357 e. The monoisotopic (exact) mass is 317 g/mol. The van der Waals surface area contributed by atoms with E-state index in [4.69, 9.17) is 4.74 Å². The van der Waals surface area contributed by atoms with Crippen LogP contribution in [-0.4, -0.2) is 34.5 Å². The van der Waals surface area contributed by atoms with E-state index in [9.17, 15) is 4.79 Å². The first kappa shape index (κ1) is 15.1. The molecule has 5 nitrogen and oxygen atoms in total. The Morgan fingerprint density at radius 3 is 2.95 bits per heavy atom. The van der Waals surface area contributed by atoms with E-state index < -0.39 is 0 Å². The number of ether oxygens (including phenoxy) is 1. The molecule has 2 aromatic heterocycles. The average Bonchev–Trinajstić information content (AvgIpc) is 3.14. The van der Waals surface area contributed by atoms with Gasteiger partial charge in [0.25, 0.3) is 0 Å². The van der Waals surface area contributed by atoms with Gasteiger partial charge < -0.3 is 4.74 Å². The van der Waals surface area contributed by atoms with Crippen molar-refractivity contribution < 1.29 is 9.53 Å². The van der Waals surface area contributed by atoms with Gasteiger partial charge in [0.2, 0.25) is 0 Å². The van der Waals surface area contributed by atoms with Crippen LogP contribution in [0.1, 0.15) is 44.8 Å². The van der Waals surface area contributed by atoms with Gasteiger partial charge >= 0.3 is 5.97 Å². The zero-order valence-electron chi connectivity index (χ0n) is 12.8. The molecule has 0 radical (unpaired) electrons. The van der Waals surface area contributed by atoms with Gasteiger partial charge in [-0.1, -0.05) is 0 Å². The maximum atomic E-state index is 11.7. The summed E-state index contributed by atoms with van der Waals surface area (Å²) in [5, 5.41) is 1.02. The lowest BCUT2D eigenvalue weighted by molar-refractivity contribution is 0.0593. The van der Waals surface area contributed by atoms with Crippen molar-refractivity contribution in [2.45, 2.75) is 32.4 Å². The maximum absolute atomic E-state index is 11.7. The van der Waals surface area contributed by atoms with E-state index in [0.717, 1.165) is 35.8 Å². The summed E-state index contributed by atoms with van der Waals surface area (Å²) in [4.78, 5) is 23.7. The molecule has 1 atom stereocenters. The molecular weight excluding hydrogens is 298 g/mol. The highest BCUT2D eigenvalue weighted by molar-refractivity contribution is 7.11. The number of thiazole rings is 1. The molecule has 1 unspecified atom stereocenters. The number of hydrogen-bond acceptors (Lipinski definition) is 6. The number of aryl methyl sites for hydroxylation is 1. The molecule has 1 fully saturated rings.